The van der Waals surface area contributed by atoms with Gasteiger partial charge >= 0.3 is 0 Å². The van der Waals surface area contributed by atoms with Gasteiger partial charge in [0.15, 0.2) is 0 Å². The van der Waals surface area contributed by atoms with E-state index in [1.165, 1.54) is 6.07 Å². The topological polar surface area (TPSA) is 60.8 Å². The first-order chi connectivity index (χ1) is 9.47. The lowest BCUT2D eigenvalue weighted by Gasteiger charge is -2.32. The van der Waals surface area contributed by atoms with Crippen molar-refractivity contribution in [2.75, 3.05) is 6.54 Å². The lowest BCUT2D eigenvalue weighted by atomic mass is 9.92. The Morgan fingerprint density at radius 2 is 2.00 bits per heavy atom. The molecule has 0 saturated carbocycles. The molecule has 0 spiro atoms. The van der Waals surface area contributed by atoms with Crippen molar-refractivity contribution < 1.29 is 15.0 Å². The van der Waals surface area contributed by atoms with Gasteiger partial charge in [-0.25, -0.2) is 0 Å². The van der Waals surface area contributed by atoms with Gasteiger partial charge in [0.2, 0.25) is 5.91 Å². The van der Waals surface area contributed by atoms with Crippen molar-refractivity contribution in [2.24, 2.45) is 0 Å². The van der Waals surface area contributed by atoms with Crippen molar-refractivity contribution in [1.82, 2.24) is 4.90 Å². The molecule has 3 atom stereocenters. The van der Waals surface area contributed by atoms with Crippen molar-refractivity contribution in [3.63, 3.8) is 0 Å². The van der Waals surface area contributed by atoms with Crippen LogP contribution in [-0.2, 0) is 4.79 Å². The molecule has 1 aromatic rings. The van der Waals surface area contributed by atoms with E-state index >= 15 is 0 Å². The molecule has 108 valence electrons. The summed E-state index contributed by atoms with van der Waals surface area (Å²) >= 11 is 12.2. The Bertz CT molecular complexity index is 564. The van der Waals surface area contributed by atoms with E-state index in [0.717, 1.165) is 0 Å². The largest absolute Gasteiger partial charge is 0.508 e. The van der Waals surface area contributed by atoms with E-state index in [4.69, 9.17) is 23.2 Å². The molecule has 0 bridgehead atoms. The number of amides is 1. The van der Waals surface area contributed by atoms with Gasteiger partial charge in [-0.15, -0.1) is 0 Å². The Morgan fingerprint density at radius 3 is 2.75 bits per heavy atom. The lowest BCUT2D eigenvalue weighted by Crippen LogP contribution is -2.44. The normalized spacial score (nSPS) is 29.6. The number of halogens is 2. The predicted octanol–water partition coefficient (Wildman–Crippen LogP) is 2.54. The highest BCUT2D eigenvalue weighted by Gasteiger charge is 2.42. The van der Waals surface area contributed by atoms with E-state index in [1.54, 1.807) is 11.0 Å². The van der Waals surface area contributed by atoms with Gasteiger partial charge in [0, 0.05) is 24.1 Å². The van der Waals surface area contributed by atoms with Crippen LogP contribution < -0.4 is 0 Å². The molecule has 3 unspecified atom stereocenters. The van der Waals surface area contributed by atoms with E-state index < -0.39 is 6.10 Å². The van der Waals surface area contributed by atoms with Crippen LogP contribution in [0.15, 0.2) is 12.1 Å². The molecular formula is C14H15Cl2NO3. The van der Waals surface area contributed by atoms with Crippen LogP contribution in [0.1, 0.15) is 30.7 Å². The minimum Gasteiger partial charge on any atom is -0.508 e. The fraction of sp³-hybridized carbons (Fsp3) is 0.500. The van der Waals surface area contributed by atoms with E-state index in [-0.39, 0.29) is 30.0 Å². The zero-order chi connectivity index (χ0) is 14.4. The predicted molar refractivity (Wildman–Crippen MR) is 76.2 cm³/mol. The van der Waals surface area contributed by atoms with E-state index in [0.29, 0.717) is 35.0 Å². The Labute approximate surface area is 126 Å². The van der Waals surface area contributed by atoms with Crippen molar-refractivity contribution in [2.45, 2.75) is 37.3 Å². The molecule has 0 radical (unpaired) electrons. The number of carbonyl (C=O) groups is 1. The smallest absolute Gasteiger partial charge is 0.225 e. The Balaban J connectivity index is 1.91. The van der Waals surface area contributed by atoms with Gasteiger partial charge in [0.1, 0.15) is 5.75 Å². The summed E-state index contributed by atoms with van der Waals surface area (Å²) in [7, 11) is 0. The molecule has 2 N–H and O–H groups in total. The monoisotopic (exact) mass is 315 g/mol. The summed E-state index contributed by atoms with van der Waals surface area (Å²) in [5.41, 5.74) is 0.607. The molecule has 20 heavy (non-hydrogen) atoms. The van der Waals surface area contributed by atoms with Crippen LogP contribution in [0.25, 0.3) is 0 Å². The number of aliphatic hydroxyl groups excluding tert-OH is 1. The quantitative estimate of drug-likeness (QED) is 0.837. The van der Waals surface area contributed by atoms with Crippen molar-refractivity contribution in [1.29, 1.82) is 0 Å². The zero-order valence-electron chi connectivity index (χ0n) is 10.7. The summed E-state index contributed by atoms with van der Waals surface area (Å²) in [6.07, 6.45) is 0.890. The molecule has 2 fully saturated rings. The number of phenolic OH excluding ortho intramolecular Hbond substituents is 1. The highest BCUT2D eigenvalue weighted by Crippen LogP contribution is 2.44. The first-order valence-electron chi connectivity index (χ1n) is 6.61. The number of aromatic hydroxyl groups is 1. The molecule has 2 aliphatic rings. The molecule has 4 nitrogen and oxygen atoms in total. The van der Waals surface area contributed by atoms with Crippen LogP contribution in [0.3, 0.4) is 0 Å². The van der Waals surface area contributed by atoms with Gasteiger partial charge in [0.05, 0.1) is 22.6 Å². The first-order valence-corrected chi connectivity index (χ1v) is 7.37. The van der Waals surface area contributed by atoms with Crippen LogP contribution >= 0.6 is 23.2 Å². The molecule has 6 heteroatoms. The van der Waals surface area contributed by atoms with Crippen molar-refractivity contribution >= 4 is 29.1 Å². The summed E-state index contributed by atoms with van der Waals surface area (Å²) in [6.45, 7) is 0.518. The Kier molecular flexibility index (Phi) is 3.56. The van der Waals surface area contributed by atoms with Gasteiger partial charge in [-0.2, -0.15) is 0 Å². The second-order valence-electron chi connectivity index (χ2n) is 5.52. The highest BCUT2D eigenvalue weighted by molar-refractivity contribution is 6.42. The number of nitrogens with zero attached hydrogens (tertiary/aromatic N) is 1. The number of hydrogen-bond donors (Lipinski definition) is 2. The number of rotatable bonds is 1. The summed E-state index contributed by atoms with van der Waals surface area (Å²) in [4.78, 5) is 13.7. The average Bonchev–Trinajstić information content (AvgIpc) is 2.78. The van der Waals surface area contributed by atoms with Crippen LogP contribution in [0.5, 0.6) is 5.75 Å². The number of piperidine rings is 1. The van der Waals surface area contributed by atoms with E-state index in [9.17, 15) is 15.0 Å². The summed E-state index contributed by atoms with van der Waals surface area (Å²) < 4.78 is 0. The number of hydrogen-bond acceptors (Lipinski definition) is 3. The van der Waals surface area contributed by atoms with Crippen molar-refractivity contribution in [3.05, 3.63) is 27.7 Å². The molecule has 0 aromatic heterocycles. The van der Waals surface area contributed by atoms with Gasteiger partial charge in [0.25, 0.3) is 0 Å². The average molecular weight is 316 g/mol. The Morgan fingerprint density at radius 1 is 1.25 bits per heavy atom. The molecule has 0 aliphatic carbocycles. The number of aliphatic hydroxyl groups is 1. The molecule has 2 aliphatic heterocycles. The summed E-state index contributed by atoms with van der Waals surface area (Å²) in [6, 6.07) is 3.10. The van der Waals surface area contributed by atoms with Crippen LogP contribution in [0.2, 0.25) is 10.0 Å². The van der Waals surface area contributed by atoms with Gasteiger partial charge in [-0.3, -0.25) is 4.79 Å². The fourth-order valence-electron chi connectivity index (χ4n) is 3.32. The second kappa shape index (κ2) is 5.10. The van der Waals surface area contributed by atoms with Gasteiger partial charge in [-0.05, 0) is 25.0 Å². The molecule has 3 rings (SSSR count). The number of fused-ring (bicyclic) bond motifs is 1. The van der Waals surface area contributed by atoms with Crippen LogP contribution in [-0.4, -0.2) is 39.7 Å². The summed E-state index contributed by atoms with van der Waals surface area (Å²) in [5.74, 6) is 0.0339. The van der Waals surface area contributed by atoms with Gasteiger partial charge in [-0.1, -0.05) is 23.2 Å². The minimum atomic E-state index is -0.564. The van der Waals surface area contributed by atoms with Crippen molar-refractivity contribution in [3.8, 4) is 5.75 Å². The maximum Gasteiger partial charge on any atom is 0.225 e. The molecular weight excluding hydrogens is 301 g/mol. The first kappa shape index (κ1) is 14.0. The maximum atomic E-state index is 11.9. The number of carbonyl (C=O) groups excluding carboxylic acids is 1. The standard InChI is InChI=1S/C14H15Cl2NO3/c15-10-1-2-11(19)13(14(10)16)7-3-8-4-9(18)5-12(20)17(8)6-7/h1-2,7-9,18-19H,3-6H2. The van der Waals surface area contributed by atoms with E-state index in [2.05, 4.69) is 0 Å². The Hall–Kier alpha value is -0.970. The third-order valence-corrected chi connectivity index (χ3v) is 5.03. The summed E-state index contributed by atoms with van der Waals surface area (Å²) in [5, 5.41) is 20.5. The SMILES string of the molecule is O=C1CC(O)CC2CC(c3c(O)ccc(Cl)c3Cl)CN12. The van der Waals surface area contributed by atoms with E-state index in [1.807, 2.05) is 0 Å². The zero-order valence-corrected chi connectivity index (χ0v) is 12.2. The molecule has 1 amide bonds. The number of benzene rings is 1. The number of phenols is 1. The molecule has 1 aromatic carbocycles. The second-order valence-corrected chi connectivity index (χ2v) is 6.31. The van der Waals surface area contributed by atoms with Gasteiger partial charge < -0.3 is 15.1 Å². The van der Waals surface area contributed by atoms with Crippen LogP contribution in [0, 0.1) is 0 Å². The molecule has 2 heterocycles. The fourth-order valence-corrected chi connectivity index (χ4v) is 3.79. The third-order valence-electron chi connectivity index (χ3n) is 4.21. The minimum absolute atomic E-state index is 0.0192. The highest BCUT2D eigenvalue weighted by atomic mass is 35.5. The third kappa shape index (κ3) is 2.26. The van der Waals surface area contributed by atoms with Crippen LogP contribution in [0.4, 0.5) is 0 Å². The molecule has 2 saturated heterocycles. The lowest BCUT2D eigenvalue weighted by molar-refractivity contribution is -0.138. The maximum absolute atomic E-state index is 11.9.